The molecule has 1 aromatic rings. The summed E-state index contributed by atoms with van der Waals surface area (Å²) in [5, 5.41) is 12.9. The van der Waals surface area contributed by atoms with Crippen LogP contribution in [-0.2, 0) is 0 Å². The van der Waals surface area contributed by atoms with Crippen LogP contribution in [0, 0.1) is 5.41 Å². The summed E-state index contributed by atoms with van der Waals surface area (Å²) in [6.07, 6.45) is 0. The number of likely N-dealkylation sites (N-methyl/N-ethyl adjacent to an activating group) is 1. The molecule has 21 heavy (non-hydrogen) atoms. The molecule has 0 spiro atoms. The molecule has 2 amide bonds. The minimum absolute atomic E-state index is 0.0875. The molecular weight excluding hydrogens is 264 g/mol. The van der Waals surface area contributed by atoms with Crippen LogP contribution in [-0.4, -0.2) is 35.2 Å². The van der Waals surface area contributed by atoms with Gasteiger partial charge in [0.15, 0.2) is 0 Å². The van der Waals surface area contributed by atoms with Crippen molar-refractivity contribution in [2.45, 2.75) is 46.3 Å². The van der Waals surface area contributed by atoms with Crippen molar-refractivity contribution in [3.05, 3.63) is 35.9 Å². The highest BCUT2D eigenvalue weighted by Gasteiger charge is 2.29. The lowest BCUT2D eigenvalue weighted by Crippen LogP contribution is -2.47. The van der Waals surface area contributed by atoms with Crippen LogP contribution >= 0.6 is 0 Å². The zero-order valence-corrected chi connectivity index (χ0v) is 14.0. The van der Waals surface area contributed by atoms with Gasteiger partial charge in [0.1, 0.15) is 0 Å². The van der Waals surface area contributed by atoms with Crippen LogP contribution in [0.3, 0.4) is 0 Å². The standard InChI is InChI=1S/C17H28N2O2/c1-16(2,3)14(13-10-8-7-9-11-13)18-15(20)19(6)12-17(4,5)21/h7-11,14,21H,12H2,1-6H3,(H,18,20). The first kappa shape index (κ1) is 17.5. The quantitative estimate of drug-likeness (QED) is 0.895. The number of amides is 2. The van der Waals surface area contributed by atoms with Crippen molar-refractivity contribution in [3.63, 3.8) is 0 Å². The predicted molar refractivity (Wildman–Crippen MR) is 86.1 cm³/mol. The first-order valence-electron chi connectivity index (χ1n) is 7.30. The molecule has 0 radical (unpaired) electrons. The lowest BCUT2D eigenvalue weighted by atomic mass is 9.82. The first-order chi connectivity index (χ1) is 9.50. The average molecular weight is 292 g/mol. The highest BCUT2D eigenvalue weighted by atomic mass is 16.3. The van der Waals surface area contributed by atoms with E-state index in [2.05, 4.69) is 26.1 Å². The minimum atomic E-state index is -0.907. The molecule has 0 saturated carbocycles. The number of rotatable bonds is 4. The van der Waals surface area contributed by atoms with Crippen molar-refractivity contribution in [1.29, 1.82) is 0 Å². The Morgan fingerprint density at radius 1 is 1.19 bits per heavy atom. The monoisotopic (exact) mass is 292 g/mol. The summed E-state index contributed by atoms with van der Waals surface area (Å²) in [4.78, 5) is 13.9. The van der Waals surface area contributed by atoms with Gasteiger partial charge in [-0.3, -0.25) is 0 Å². The number of nitrogens with zero attached hydrogens (tertiary/aromatic N) is 1. The molecule has 4 heteroatoms. The molecule has 0 aliphatic carbocycles. The molecular formula is C17H28N2O2. The number of hydrogen-bond donors (Lipinski definition) is 2. The molecule has 4 nitrogen and oxygen atoms in total. The molecule has 1 aromatic carbocycles. The Hall–Kier alpha value is -1.55. The SMILES string of the molecule is CN(CC(C)(C)O)C(=O)NC(c1ccccc1)C(C)(C)C. The maximum atomic E-state index is 12.4. The van der Waals surface area contributed by atoms with Gasteiger partial charge in [0.05, 0.1) is 18.2 Å². The van der Waals surface area contributed by atoms with Gasteiger partial charge in [-0.25, -0.2) is 4.79 Å². The van der Waals surface area contributed by atoms with Gasteiger partial charge < -0.3 is 15.3 Å². The number of benzene rings is 1. The van der Waals surface area contributed by atoms with Crippen LogP contribution in [0.5, 0.6) is 0 Å². The van der Waals surface area contributed by atoms with Crippen LogP contribution in [0.15, 0.2) is 30.3 Å². The zero-order chi connectivity index (χ0) is 16.3. The van der Waals surface area contributed by atoms with Crippen LogP contribution in [0.25, 0.3) is 0 Å². The van der Waals surface area contributed by atoms with E-state index in [9.17, 15) is 9.90 Å². The topological polar surface area (TPSA) is 52.6 Å². The summed E-state index contributed by atoms with van der Waals surface area (Å²) >= 11 is 0. The van der Waals surface area contributed by atoms with Gasteiger partial charge in [-0.1, -0.05) is 51.1 Å². The second kappa shape index (κ2) is 6.48. The molecule has 0 saturated heterocycles. The third-order valence-electron chi connectivity index (χ3n) is 3.24. The Morgan fingerprint density at radius 3 is 2.14 bits per heavy atom. The second-order valence-electron chi connectivity index (χ2n) is 7.33. The second-order valence-corrected chi connectivity index (χ2v) is 7.33. The Balaban J connectivity index is 2.86. The van der Waals surface area contributed by atoms with Crippen molar-refractivity contribution in [1.82, 2.24) is 10.2 Å². The molecule has 0 fully saturated rings. The fourth-order valence-corrected chi connectivity index (χ4v) is 2.33. The van der Waals surface area contributed by atoms with E-state index in [-0.39, 0.29) is 24.0 Å². The molecule has 0 bridgehead atoms. The van der Waals surface area contributed by atoms with Crippen LogP contribution in [0.4, 0.5) is 4.79 Å². The van der Waals surface area contributed by atoms with E-state index in [0.29, 0.717) is 0 Å². The van der Waals surface area contributed by atoms with Crippen molar-refractivity contribution >= 4 is 6.03 Å². The summed E-state index contributed by atoms with van der Waals surface area (Å²) in [6, 6.07) is 9.68. The molecule has 0 aromatic heterocycles. The lowest BCUT2D eigenvalue weighted by molar-refractivity contribution is 0.0520. The number of nitrogens with one attached hydrogen (secondary N) is 1. The molecule has 0 aliphatic heterocycles. The molecule has 2 N–H and O–H groups in total. The Kier molecular flexibility index (Phi) is 5.40. The highest BCUT2D eigenvalue weighted by Crippen LogP contribution is 2.32. The average Bonchev–Trinajstić information content (AvgIpc) is 2.33. The van der Waals surface area contributed by atoms with Crippen LogP contribution in [0.1, 0.15) is 46.2 Å². The summed E-state index contributed by atoms with van der Waals surface area (Å²) < 4.78 is 0. The highest BCUT2D eigenvalue weighted by molar-refractivity contribution is 5.74. The van der Waals surface area contributed by atoms with Crippen LogP contribution < -0.4 is 5.32 Å². The van der Waals surface area contributed by atoms with Gasteiger partial charge >= 0.3 is 6.03 Å². The normalized spacial score (nSPS) is 13.7. The summed E-state index contributed by atoms with van der Waals surface area (Å²) in [6.45, 7) is 9.96. The van der Waals surface area contributed by atoms with E-state index >= 15 is 0 Å². The lowest BCUT2D eigenvalue weighted by Gasteiger charge is -2.34. The smallest absolute Gasteiger partial charge is 0.317 e. The Morgan fingerprint density at radius 2 is 1.71 bits per heavy atom. The van der Waals surface area contributed by atoms with Crippen molar-refractivity contribution in [3.8, 4) is 0 Å². The molecule has 1 atom stereocenters. The van der Waals surface area contributed by atoms with E-state index in [1.54, 1.807) is 20.9 Å². The largest absolute Gasteiger partial charge is 0.389 e. The summed E-state index contributed by atoms with van der Waals surface area (Å²) in [5.74, 6) is 0. The van der Waals surface area contributed by atoms with Gasteiger partial charge in [0.2, 0.25) is 0 Å². The molecule has 0 aliphatic rings. The first-order valence-corrected chi connectivity index (χ1v) is 7.30. The fourth-order valence-electron chi connectivity index (χ4n) is 2.33. The number of aliphatic hydroxyl groups is 1. The van der Waals surface area contributed by atoms with Gasteiger partial charge in [-0.2, -0.15) is 0 Å². The maximum Gasteiger partial charge on any atom is 0.317 e. The van der Waals surface area contributed by atoms with Gasteiger partial charge in [-0.05, 0) is 24.8 Å². The van der Waals surface area contributed by atoms with E-state index in [0.717, 1.165) is 5.56 Å². The van der Waals surface area contributed by atoms with Crippen LogP contribution in [0.2, 0.25) is 0 Å². The third-order valence-corrected chi connectivity index (χ3v) is 3.24. The van der Waals surface area contributed by atoms with E-state index in [1.807, 2.05) is 30.3 Å². The van der Waals surface area contributed by atoms with Crippen molar-refractivity contribution < 1.29 is 9.90 Å². The summed E-state index contributed by atoms with van der Waals surface area (Å²) in [5.41, 5.74) is 0.0675. The maximum absolute atomic E-state index is 12.4. The van der Waals surface area contributed by atoms with Gasteiger partial charge in [0.25, 0.3) is 0 Å². The Labute approximate surface area is 128 Å². The molecule has 0 heterocycles. The minimum Gasteiger partial charge on any atom is -0.389 e. The number of hydrogen-bond acceptors (Lipinski definition) is 2. The summed E-state index contributed by atoms with van der Waals surface area (Å²) in [7, 11) is 1.69. The number of urea groups is 1. The molecule has 1 rings (SSSR count). The third kappa shape index (κ3) is 5.76. The molecule has 1 unspecified atom stereocenters. The van der Waals surface area contributed by atoms with Crippen molar-refractivity contribution in [2.75, 3.05) is 13.6 Å². The van der Waals surface area contributed by atoms with E-state index in [1.165, 1.54) is 4.90 Å². The number of carbonyl (C=O) groups excluding carboxylic acids is 1. The van der Waals surface area contributed by atoms with Gasteiger partial charge in [-0.15, -0.1) is 0 Å². The fraction of sp³-hybridized carbons (Fsp3) is 0.588. The number of carbonyl (C=O) groups is 1. The van der Waals surface area contributed by atoms with Crippen molar-refractivity contribution in [2.24, 2.45) is 5.41 Å². The van der Waals surface area contributed by atoms with Gasteiger partial charge in [0, 0.05) is 7.05 Å². The van der Waals surface area contributed by atoms with E-state index < -0.39 is 5.60 Å². The predicted octanol–water partition coefficient (Wildman–Crippen LogP) is 3.19. The zero-order valence-electron chi connectivity index (χ0n) is 14.0. The van der Waals surface area contributed by atoms with E-state index in [4.69, 9.17) is 0 Å². The molecule has 118 valence electrons. The Bertz CT molecular complexity index is 458.